The second-order valence-electron chi connectivity index (χ2n) is 6.32. The first-order chi connectivity index (χ1) is 10.9. The molecule has 0 radical (unpaired) electrons. The van der Waals surface area contributed by atoms with Crippen molar-refractivity contribution < 1.29 is 13.2 Å². The maximum atomic E-state index is 12.0. The van der Waals surface area contributed by atoms with Crippen LogP contribution in [0.25, 0.3) is 0 Å². The Hall–Kier alpha value is -1.40. The zero-order chi connectivity index (χ0) is 16.7. The fraction of sp³-hybridized carbons (Fsp3) is 0.588. The van der Waals surface area contributed by atoms with Crippen LogP contribution >= 0.6 is 0 Å². The van der Waals surface area contributed by atoms with Crippen LogP contribution in [0.2, 0.25) is 0 Å². The van der Waals surface area contributed by atoms with Crippen LogP contribution in [0.4, 0.5) is 0 Å². The summed E-state index contributed by atoms with van der Waals surface area (Å²) in [7, 11) is -3.23. The van der Waals surface area contributed by atoms with Crippen LogP contribution in [0.1, 0.15) is 37.7 Å². The van der Waals surface area contributed by atoms with Crippen LogP contribution in [0, 0.1) is 5.92 Å². The lowest BCUT2D eigenvalue weighted by molar-refractivity contribution is -0.122. The van der Waals surface area contributed by atoms with Crippen molar-refractivity contribution >= 4 is 15.9 Å². The van der Waals surface area contributed by atoms with E-state index in [-0.39, 0.29) is 24.9 Å². The van der Waals surface area contributed by atoms with Crippen molar-refractivity contribution in [1.82, 2.24) is 10.0 Å². The van der Waals surface area contributed by atoms with Gasteiger partial charge in [0.05, 0.1) is 6.26 Å². The van der Waals surface area contributed by atoms with E-state index in [1.807, 2.05) is 18.2 Å². The Morgan fingerprint density at radius 2 is 1.87 bits per heavy atom. The van der Waals surface area contributed by atoms with E-state index in [9.17, 15) is 13.2 Å². The maximum Gasteiger partial charge on any atom is 0.221 e. The molecule has 1 saturated carbocycles. The summed E-state index contributed by atoms with van der Waals surface area (Å²) in [5.74, 6) is 0.379. The van der Waals surface area contributed by atoms with Gasteiger partial charge in [-0.2, -0.15) is 0 Å². The predicted molar refractivity (Wildman–Crippen MR) is 91.5 cm³/mol. The lowest BCUT2D eigenvalue weighted by Crippen LogP contribution is -2.43. The fourth-order valence-corrected chi connectivity index (χ4v) is 3.66. The van der Waals surface area contributed by atoms with Gasteiger partial charge in [-0.1, -0.05) is 43.2 Å². The summed E-state index contributed by atoms with van der Waals surface area (Å²) >= 11 is 0. The molecule has 128 valence electrons. The standard InChI is InChI=1S/C17H26N2O3S/c1-23(21,22)18-12-11-17(20)19-16-10-6-5-9-15(16)13-14-7-3-2-4-8-14/h2-4,7-8,15-16,18H,5-6,9-13H2,1H3,(H,19,20). The SMILES string of the molecule is CS(=O)(=O)NCCC(=O)NC1CCCCC1Cc1ccccc1. The quantitative estimate of drug-likeness (QED) is 0.796. The molecular weight excluding hydrogens is 312 g/mol. The van der Waals surface area contributed by atoms with Crippen LogP contribution in [0.15, 0.2) is 30.3 Å². The third kappa shape index (κ3) is 6.71. The topological polar surface area (TPSA) is 75.3 Å². The molecule has 2 N–H and O–H groups in total. The number of amides is 1. The number of hydrogen-bond acceptors (Lipinski definition) is 3. The molecule has 6 heteroatoms. The Kier molecular flexibility index (Phi) is 6.59. The molecule has 2 unspecified atom stereocenters. The van der Waals surface area contributed by atoms with Gasteiger partial charge in [0.1, 0.15) is 0 Å². The van der Waals surface area contributed by atoms with Crippen molar-refractivity contribution in [3.63, 3.8) is 0 Å². The van der Waals surface area contributed by atoms with E-state index in [4.69, 9.17) is 0 Å². The Balaban J connectivity index is 1.84. The summed E-state index contributed by atoms with van der Waals surface area (Å²) in [5, 5.41) is 3.10. The molecule has 0 heterocycles. The van der Waals surface area contributed by atoms with Gasteiger partial charge >= 0.3 is 0 Å². The largest absolute Gasteiger partial charge is 0.353 e. The van der Waals surface area contributed by atoms with E-state index in [2.05, 4.69) is 22.2 Å². The number of carbonyl (C=O) groups excluding carboxylic acids is 1. The minimum Gasteiger partial charge on any atom is -0.353 e. The second-order valence-corrected chi connectivity index (χ2v) is 8.16. The normalized spacial score (nSPS) is 21.8. The molecule has 5 nitrogen and oxygen atoms in total. The van der Waals surface area contributed by atoms with Gasteiger partial charge in [0.25, 0.3) is 0 Å². The average Bonchev–Trinajstić information content (AvgIpc) is 2.49. The van der Waals surface area contributed by atoms with E-state index in [1.54, 1.807) is 0 Å². The molecule has 23 heavy (non-hydrogen) atoms. The van der Waals surface area contributed by atoms with Crippen molar-refractivity contribution in [2.24, 2.45) is 5.92 Å². The van der Waals surface area contributed by atoms with Gasteiger partial charge in [-0.05, 0) is 30.7 Å². The van der Waals surface area contributed by atoms with Gasteiger partial charge in [0, 0.05) is 19.0 Å². The number of carbonyl (C=O) groups is 1. The summed E-state index contributed by atoms with van der Waals surface area (Å²) in [4.78, 5) is 12.0. The molecule has 1 aromatic carbocycles. The van der Waals surface area contributed by atoms with Crippen LogP contribution in [-0.2, 0) is 21.2 Å². The molecule has 0 aromatic heterocycles. The van der Waals surface area contributed by atoms with E-state index in [1.165, 1.54) is 12.0 Å². The summed E-state index contributed by atoms with van der Waals surface area (Å²) in [6, 6.07) is 10.5. The van der Waals surface area contributed by atoms with Gasteiger partial charge in [-0.15, -0.1) is 0 Å². The molecule has 1 amide bonds. The average molecular weight is 338 g/mol. The van der Waals surface area contributed by atoms with E-state index in [0.717, 1.165) is 31.9 Å². The number of hydrogen-bond donors (Lipinski definition) is 2. The van der Waals surface area contributed by atoms with Gasteiger partial charge < -0.3 is 5.32 Å². The molecule has 1 fully saturated rings. The Labute approximate surface area is 138 Å². The Morgan fingerprint density at radius 1 is 1.17 bits per heavy atom. The Morgan fingerprint density at radius 3 is 2.57 bits per heavy atom. The highest BCUT2D eigenvalue weighted by Gasteiger charge is 2.26. The smallest absolute Gasteiger partial charge is 0.221 e. The van der Waals surface area contributed by atoms with E-state index >= 15 is 0 Å². The van der Waals surface area contributed by atoms with Gasteiger partial charge in [0.2, 0.25) is 15.9 Å². The lowest BCUT2D eigenvalue weighted by atomic mass is 9.80. The number of nitrogens with one attached hydrogen (secondary N) is 2. The van der Waals surface area contributed by atoms with Gasteiger partial charge in [-0.25, -0.2) is 13.1 Å². The molecule has 0 saturated heterocycles. The monoisotopic (exact) mass is 338 g/mol. The molecule has 1 aliphatic carbocycles. The molecule has 2 atom stereocenters. The summed E-state index contributed by atoms with van der Waals surface area (Å²) in [5.41, 5.74) is 1.30. The first kappa shape index (κ1) is 17.9. The first-order valence-corrected chi connectivity index (χ1v) is 10.1. The number of sulfonamides is 1. The zero-order valence-electron chi connectivity index (χ0n) is 13.6. The highest BCUT2D eigenvalue weighted by molar-refractivity contribution is 7.88. The van der Waals surface area contributed by atoms with Crippen LogP contribution in [-0.4, -0.2) is 33.2 Å². The Bertz CT molecular complexity index is 602. The van der Waals surface area contributed by atoms with E-state index < -0.39 is 10.0 Å². The van der Waals surface area contributed by atoms with Crippen LogP contribution < -0.4 is 10.0 Å². The molecule has 0 bridgehead atoms. The zero-order valence-corrected chi connectivity index (χ0v) is 14.4. The lowest BCUT2D eigenvalue weighted by Gasteiger charge is -2.32. The summed E-state index contributed by atoms with van der Waals surface area (Å²) < 4.78 is 24.4. The van der Waals surface area contributed by atoms with Crippen LogP contribution in [0.5, 0.6) is 0 Å². The highest BCUT2D eigenvalue weighted by Crippen LogP contribution is 2.27. The van der Waals surface area contributed by atoms with Gasteiger partial charge in [-0.3, -0.25) is 4.79 Å². The van der Waals surface area contributed by atoms with E-state index in [0.29, 0.717) is 5.92 Å². The summed E-state index contributed by atoms with van der Waals surface area (Å²) in [6.07, 6.45) is 6.73. The highest BCUT2D eigenvalue weighted by atomic mass is 32.2. The van der Waals surface area contributed by atoms with Crippen molar-refractivity contribution in [3.05, 3.63) is 35.9 Å². The van der Waals surface area contributed by atoms with Crippen molar-refractivity contribution in [2.45, 2.75) is 44.6 Å². The van der Waals surface area contributed by atoms with Crippen molar-refractivity contribution in [2.75, 3.05) is 12.8 Å². The first-order valence-electron chi connectivity index (χ1n) is 8.22. The molecule has 0 aliphatic heterocycles. The maximum absolute atomic E-state index is 12.0. The summed E-state index contributed by atoms with van der Waals surface area (Å²) in [6.45, 7) is 0.154. The third-order valence-corrected chi connectivity index (χ3v) is 5.04. The fourth-order valence-electron chi connectivity index (χ4n) is 3.19. The van der Waals surface area contributed by atoms with Gasteiger partial charge in [0.15, 0.2) is 0 Å². The third-order valence-electron chi connectivity index (χ3n) is 4.31. The molecule has 1 aromatic rings. The number of rotatable bonds is 7. The van der Waals surface area contributed by atoms with Crippen molar-refractivity contribution in [3.8, 4) is 0 Å². The minimum absolute atomic E-state index is 0.0777. The predicted octanol–water partition coefficient (Wildman–Crippen LogP) is 1.84. The second kappa shape index (κ2) is 8.45. The number of benzene rings is 1. The molecule has 1 aliphatic rings. The molecule has 2 rings (SSSR count). The van der Waals surface area contributed by atoms with Crippen LogP contribution in [0.3, 0.4) is 0 Å². The minimum atomic E-state index is -3.23. The molecule has 0 spiro atoms. The molecular formula is C17H26N2O3S. The van der Waals surface area contributed by atoms with Crippen molar-refractivity contribution in [1.29, 1.82) is 0 Å².